The third-order valence-corrected chi connectivity index (χ3v) is 7.41. The van der Waals surface area contributed by atoms with E-state index in [1.165, 1.54) is 4.90 Å². The predicted molar refractivity (Wildman–Crippen MR) is 77.5 cm³/mol. The molecule has 0 saturated carbocycles. The van der Waals surface area contributed by atoms with Crippen LogP contribution < -0.4 is 0 Å². The van der Waals surface area contributed by atoms with Gasteiger partial charge in [0.1, 0.15) is 0 Å². The summed E-state index contributed by atoms with van der Waals surface area (Å²) >= 11 is 0. The van der Waals surface area contributed by atoms with Crippen molar-refractivity contribution in [1.82, 2.24) is 4.90 Å². The first-order valence-corrected chi connectivity index (χ1v) is 10.7. The van der Waals surface area contributed by atoms with Gasteiger partial charge in [0.25, 0.3) is 0 Å². The lowest BCUT2D eigenvalue weighted by atomic mass is 10.2. The molecule has 2 heterocycles. The SMILES string of the molecule is O=CN(CCCO[C@@H]1CCS(=O)(=O)C1)[C@@H]1CCS(=O)(=O)C1. The molecule has 0 aromatic carbocycles. The average molecular weight is 339 g/mol. The van der Waals surface area contributed by atoms with Gasteiger partial charge in [-0.2, -0.15) is 0 Å². The molecule has 0 unspecified atom stereocenters. The van der Waals surface area contributed by atoms with E-state index in [-0.39, 0.29) is 35.2 Å². The van der Waals surface area contributed by atoms with E-state index in [0.717, 1.165) is 0 Å². The number of hydrogen-bond acceptors (Lipinski definition) is 6. The van der Waals surface area contributed by atoms with E-state index in [0.29, 0.717) is 38.8 Å². The van der Waals surface area contributed by atoms with Crippen LogP contribution in [0.3, 0.4) is 0 Å². The van der Waals surface area contributed by atoms with E-state index in [2.05, 4.69) is 0 Å². The molecule has 0 spiro atoms. The van der Waals surface area contributed by atoms with Crippen molar-refractivity contribution < 1.29 is 26.4 Å². The molecule has 0 aromatic heterocycles. The zero-order valence-electron chi connectivity index (χ0n) is 11.8. The molecule has 9 heteroatoms. The molecular weight excluding hydrogens is 318 g/mol. The van der Waals surface area contributed by atoms with Crippen LogP contribution in [0.5, 0.6) is 0 Å². The van der Waals surface area contributed by atoms with Crippen molar-refractivity contribution in [2.24, 2.45) is 0 Å². The number of nitrogens with zero attached hydrogens (tertiary/aromatic N) is 1. The highest BCUT2D eigenvalue weighted by Crippen LogP contribution is 2.17. The van der Waals surface area contributed by atoms with Gasteiger partial charge >= 0.3 is 0 Å². The Bertz CT molecular complexity index is 571. The number of ether oxygens (including phenoxy) is 1. The molecule has 0 aromatic rings. The third-order valence-electron chi connectivity index (χ3n) is 3.92. The van der Waals surface area contributed by atoms with Crippen LogP contribution in [0.25, 0.3) is 0 Å². The average Bonchev–Trinajstić information content (AvgIpc) is 2.92. The van der Waals surface area contributed by atoms with Gasteiger partial charge in [-0.1, -0.05) is 0 Å². The lowest BCUT2D eigenvalue weighted by molar-refractivity contribution is -0.120. The Hall–Kier alpha value is -0.670. The molecular formula is C12H21NO6S2. The lowest BCUT2D eigenvalue weighted by Crippen LogP contribution is -2.36. The van der Waals surface area contributed by atoms with Crippen molar-refractivity contribution in [3.8, 4) is 0 Å². The van der Waals surface area contributed by atoms with Gasteiger partial charge in [0, 0.05) is 19.2 Å². The summed E-state index contributed by atoms with van der Waals surface area (Å²) in [5.41, 5.74) is 0. The molecule has 0 aliphatic carbocycles. The van der Waals surface area contributed by atoms with E-state index < -0.39 is 19.7 Å². The predicted octanol–water partition coefficient (Wildman–Crippen LogP) is -0.774. The molecule has 0 N–H and O–H groups in total. The second-order valence-corrected chi connectivity index (χ2v) is 10.1. The van der Waals surface area contributed by atoms with Crippen molar-refractivity contribution in [2.45, 2.75) is 31.4 Å². The van der Waals surface area contributed by atoms with Crippen molar-refractivity contribution >= 4 is 26.1 Å². The first-order valence-electron chi connectivity index (χ1n) is 7.05. The molecule has 7 nitrogen and oxygen atoms in total. The molecule has 2 atom stereocenters. The standard InChI is InChI=1S/C12H21NO6S2/c14-10-13(11-2-6-20(15,16)8-11)4-1-5-19-12-3-7-21(17,18)9-12/h10-12H,1-9H2/t11-,12-/m1/s1. The minimum Gasteiger partial charge on any atom is -0.377 e. The number of carbonyl (C=O) groups excluding carboxylic acids is 1. The molecule has 0 bridgehead atoms. The highest BCUT2D eigenvalue weighted by atomic mass is 32.2. The minimum absolute atomic E-state index is 0.0352. The molecule has 2 saturated heterocycles. The Labute approximate surface area is 125 Å². The van der Waals surface area contributed by atoms with Crippen LogP contribution in [0.4, 0.5) is 0 Å². The summed E-state index contributed by atoms with van der Waals surface area (Å²) in [4.78, 5) is 12.6. The van der Waals surface area contributed by atoms with Crippen LogP contribution in [-0.4, -0.2) is 76.5 Å². The van der Waals surface area contributed by atoms with Crippen LogP contribution in [0.15, 0.2) is 0 Å². The van der Waals surface area contributed by atoms with Crippen LogP contribution in [0.2, 0.25) is 0 Å². The molecule has 122 valence electrons. The van der Waals surface area contributed by atoms with Gasteiger partial charge in [-0.25, -0.2) is 16.8 Å². The fourth-order valence-electron chi connectivity index (χ4n) is 2.75. The summed E-state index contributed by atoms with van der Waals surface area (Å²) in [7, 11) is -5.94. The molecule has 2 rings (SSSR count). The van der Waals surface area contributed by atoms with Gasteiger partial charge in [0.2, 0.25) is 6.41 Å². The monoisotopic (exact) mass is 339 g/mol. The van der Waals surface area contributed by atoms with Gasteiger partial charge in [0.15, 0.2) is 19.7 Å². The molecule has 2 aliphatic rings. The first kappa shape index (κ1) is 16.7. The summed E-state index contributed by atoms with van der Waals surface area (Å²) < 4.78 is 50.8. The molecule has 1 amide bonds. The van der Waals surface area contributed by atoms with E-state index >= 15 is 0 Å². The van der Waals surface area contributed by atoms with Crippen LogP contribution in [0.1, 0.15) is 19.3 Å². The summed E-state index contributed by atoms with van der Waals surface area (Å²) in [6.45, 7) is 0.813. The van der Waals surface area contributed by atoms with E-state index in [4.69, 9.17) is 4.74 Å². The molecule has 21 heavy (non-hydrogen) atoms. The summed E-state index contributed by atoms with van der Waals surface area (Å²) in [5.74, 6) is 0.426. The molecule has 2 fully saturated rings. The highest BCUT2D eigenvalue weighted by molar-refractivity contribution is 7.91. The van der Waals surface area contributed by atoms with Crippen molar-refractivity contribution in [2.75, 3.05) is 36.2 Å². The number of rotatable bonds is 7. The van der Waals surface area contributed by atoms with E-state index in [1.807, 2.05) is 0 Å². The topological polar surface area (TPSA) is 97.8 Å². The fourth-order valence-corrected chi connectivity index (χ4v) is 6.11. The van der Waals surface area contributed by atoms with Gasteiger partial charge in [0.05, 0.1) is 29.1 Å². The Morgan fingerprint density at radius 3 is 2.24 bits per heavy atom. The highest BCUT2D eigenvalue weighted by Gasteiger charge is 2.32. The Kier molecular flexibility index (Phi) is 5.26. The maximum absolute atomic E-state index is 11.4. The van der Waals surface area contributed by atoms with E-state index in [1.54, 1.807) is 0 Å². The van der Waals surface area contributed by atoms with Crippen LogP contribution in [-0.2, 0) is 29.2 Å². The van der Waals surface area contributed by atoms with Crippen LogP contribution in [0, 0.1) is 0 Å². The minimum atomic E-state index is -3.01. The Balaban J connectivity index is 1.69. The maximum Gasteiger partial charge on any atom is 0.209 e. The maximum atomic E-state index is 11.4. The van der Waals surface area contributed by atoms with Crippen molar-refractivity contribution in [3.63, 3.8) is 0 Å². The van der Waals surface area contributed by atoms with Gasteiger partial charge in [-0.05, 0) is 19.3 Å². The third kappa shape index (κ3) is 4.93. The number of sulfone groups is 2. The van der Waals surface area contributed by atoms with Gasteiger partial charge in [-0.15, -0.1) is 0 Å². The second-order valence-electron chi connectivity index (χ2n) is 5.65. The summed E-state index contributed by atoms with van der Waals surface area (Å²) in [6.07, 6.45) is 2.03. The zero-order valence-corrected chi connectivity index (χ0v) is 13.4. The molecule has 2 aliphatic heterocycles. The second kappa shape index (κ2) is 6.62. The quantitative estimate of drug-likeness (QED) is 0.446. The zero-order chi connectivity index (χ0) is 15.5. The van der Waals surface area contributed by atoms with Crippen LogP contribution >= 0.6 is 0 Å². The largest absolute Gasteiger partial charge is 0.377 e. The van der Waals surface area contributed by atoms with E-state index in [9.17, 15) is 21.6 Å². The summed E-state index contributed by atoms with van der Waals surface area (Å²) in [6, 6.07) is -0.237. The lowest BCUT2D eigenvalue weighted by Gasteiger charge is -2.23. The van der Waals surface area contributed by atoms with Gasteiger partial charge < -0.3 is 9.64 Å². The number of carbonyl (C=O) groups is 1. The van der Waals surface area contributed by atoms with Crippen molar-refractivity contribution in [3.05, 3.63) is 0 Å². The fraction of sp³-hybridized carbons (Fsp3) is 0.917. The van der Waals surface area contributed by atoms with Gasteiger partial charge in [-0.3, -0.25) is 4.79 Å². The Morgan fingerprint density at radius 2 is 1.71 bits per heavy atom. The normalized spacial score (nSPS) is 30.3. The van der Waals surface area contributed by atoms with Crippen molar-refractivity contribution in [1.29, 1.82) is 0 Å². The number of amides is 1. The molecule has 0 radical (unpaired) electrons. The summed E-state index contributed by atoms with van der Waals surface area (Å²) in [5, 5.41) is 0. The first-order chi connectivity index (χ1) is 9.81. The smallest absolute Gasteiger partial charge is 0.209 e. The number of hydrogen-bond donors (Lipinski definition) is 0. The Morgan fingerprint density at radius 1 is 1.05 bits per heavy atom.